The van der Waals surface area contributed by atoms with Crippen LogP contribution in [0.15, 0.2) is 54.7 Å². The molecule has 0 saturated heterocycles. The maximum absolute atomic E-state index is 12.6. The molecule has 0 bridgehead atoms. The van der Waals surface area contributed by atoms with Gasteiger partial charge in [-0.1, -0.05) is 12.1 Å². The molecule has 4 amide bonds. The van der Waals surface area contributed by atoms with Gasteiger partial charge in [-0.2, -0.15) is 0 Å². The number of hydrogen-bond acceptors (Lipinski definition) is 3. The zero-order valence-electron chi connectivity index (χ0n) is 18.2. The molecule has 8 nitrogen and oxygen atoms in total. The van der Waals surface area contributed by atoms with Gasteiger partial charge in [0.25, 0.3) is 5.91 Å². The van der Waals surface area contributed by atoms with Crippen molar-refractivity contribution in [1.29, 1.82) is 0 Å². The Kier molecular flexibility index (Phi) is 6.59. The van der Waals surface area contributed by atoms with E-state index >= 15 is 0 Å². The predicted molar refractivity (Wildman–Crippen MR) is 121 cm³/mol. The monoisotopic (exact) mass is 421 g/mol. The molecular formula is C23H27N5O3. The average Bonchev–Trinajstić information content (AvgIpc) is 3.15. The van der Waals surface area contributed by atoms with Gasteiger partial charge in [0.15, 0.2) is 0 Å². The number of hydrogen-bond donors (Lipinski definition) is 2. The first-order valence-electron chi connectivity index (χ1n) is 9.90. The first kappa shape index (κ1) is 21.9. The molecule has 0 aliphatic rings. The molecule has 3 rings (SSSR count). The fourth-order valence-electron chi connectivity index (χ4n) is 3.17. The van der Waals surface area contributed by atoms with Crippen LogP contribution in [-0.2, 0) is 17.9 Å². The maximum Gasteiger partial charge on any atom is 0.321 e. The second kappa shape index (κ2) is 9.34. The maximum atomic E-state index is 12.6. The normalized spacial score (nSPS) is 10.6. The number of amides is 4. The van der Waals surface area contributed by atoms with E-state index in [1.807, 2.05) is 47.2 Å². The van der Waals surface area contributed by atoms with Crippen molar-refractivity contribution in [2.24, 2.45) is 0 Å². The van der Waals surface area contributed by atoms with Crippen LogP contribution in [0.25, 0.3) is 10.9 Å². The lowest BCUT2D eigenvalue weighted by Gasteiger charge is -2.18. The SMILES string of the molecule is CNC(=O)c1ccc(CN(C)C(=O)Nc2ccc3c(ccn3CC(=O)N(C)C)c2)cc1. The van der Waals surface area contributed by atoms with E-state index < -0.39 is 0 Å². The Labute approximate surface area is 181 Å². The summed E-state index contributed by atoms with van der Waals surface area (Å²) in [7, 11) is 6.76. The van der Waals surface area contributed by atoms with Gasteiger partial charge >= 0.3 is 6.03 Å². The minimum absolute atomic E-state index is 0.0138. The Hall–Kier alpha value is -3.81. The summed E-state index contributed by atoms with van der Waals surface area (Å²) in [5.41, 5.74) is 3.10. The predicted octanol–water partition coefficient (Wildman–Crippen LogP) is 2.75. The summed E-state index contributed by atoms with van der Waals surface area (Å²) in [5.74, 6) is -0.132. The van der Waals surface area contributed by atoms with E-state index in [0.29, 0.717) is 17.8 Å². The highest BCUT2D eigenvalue weighted by Crippen LogP contribution is 2.21. The van der Waals surface area contributed by atoms with Gasteiger partial charge in [0.2, 0.25) is 5.91 Å². The van der Waals surface area contributed by atoms with Crippen molar-refractivity contribution >= 4 is 34.4 Å². The van der Waals surface area contributed by atoms with Crippen LogP contribution in [0.4, 0.5) is 10.5 Å². The van der Waals surface area contributed by atoms with Crippen LogP contribution in [0.2, 0.25) is 0 Å². The molecule has 2 N–H and O–H groups in total. The van der Waals surface area contributed by atoms with Crippen LogP contribution >= 0.6 is 0 Å². The Morgan fingerprint density at radius 3 is 2.32 bits per heavy atom. The number of urea groups is 1. The standard InChI is InChI=1S/C23H27N5O3/c1-24-22(30)17-7-5-16(6-8-17)14-27(4)23(31)25-19-9-10-20-18(13-19)11-12-28(20)15-21(29)26(2)3/h5-13H,14-15H2,1-4H3,(H,24,30)(H,25,31). The lowest BCUT2D eigenvalue weighted by atomic mass is 10.1. The van der Waals surface area contributed by atoms with Gasteiger partial charge in [-0.25, -0.2) is 4.79 Å². The number of nitrogens with one attached hydrogen (secondary N) is 2. The largest absolute Gasteiger partial charge is 0.355 e. The highest BCUT2D eigenvalue weighted by atomic mass is 16.2. The van der Waals surface area contributed by atoms with E-state index in [2.05, 4.69) is 10.6 Å². The Morgan fingerprint density at radius 1 is 0.968 bits per heavy atom. The van der Waals surface area contributed by atoms with Gasteiger partial charge in [0.1, 0.15) is 6.54 Å². The second-order valence-electron chi connectivity index (χ2n) is 7.57. The molecule has 0 spiro atoms. The van der Waals surface area contributed by atoms with Gasteiger partial charge < -0.3 is 25.0 Å². The molecule has 0 aliphatic carbocycles. The van der Waals surface area contributed by atoms with Gasteiger partial charge in [-0.3, -0.25) is 9.59 Å². The van der Waals surface area contributed by atoms with Crippen molar-refractivity contribution in [3.05, 3.63) is 65.9 Å². The highest BCUT2D eigenvalue weighted by Gasteiger charge is 2.12. The van der Waals surface area contributed by atoms with Crippen LogP contribution in [0.1, 0.15) is 15.9 Å². The van der Waals surface area contributed by atoms with E-state index in [1.165, 1.54) is 0 Å². The number of fused-ring (bicyclic) bond motifs is 1. The second-order valence-corrected chi connectivity index (χ2v) is 7.57. The molecule has 8 heteroatoms. The number of nitrogens with zero attached hydrogens (tertiary/aromatic N) is 3. The van der Waals surface area contributed by atoms with E-state index in [4.69, 9.17) is 0 Å². The van der Waals surface area contributed by atoms with E-state index in [-0.39, 0.29) is 24.4 Å². The Bertz CT molecular complexity index is 1100. The summed E-state index contributed by atoms with van der Waals surface area (Å²) >= 11 is 0. The molecule has 162 valence electrons. The van der Waals surface area contributed by atoms with E-state index in [1.54, 1.807) is 50.1 Å². The summed E-state index contributed by atoms with van der Waals surface area (Å²) in [4.78, 5) is 39.3. The molecule has 0 aliphatic heterocycles. The van der Waals surface area contributed by atoms with Gasteiger partial charge in [-0.15, -0.1) is 0 Å². The Morgan fingerprint density at radius 2 is 1.68 bits per heavy atom. The molecule has 3 aromatic rings. The fraction of sp³-hybridized carbons (Fsp3) is 0.261. The van der Waals surface area contributed by atoms with E-state index in [9.17, 15) is 14.4 Å². The van der Waals surface area contributed by atoms with Crippen LogP contribution in [-0.4, -0.2) is 60.4 Å². The van der Waals surface area contributed by atoms with Crippen LogP contribution < -0.4 is 10.6 Å². The molecule has 0 radical (unpaired) electrons. The highest BCUT2D eigenvalue weighted by molar-refractivity contribution is 5.94. The summed E-state index contributed by atoms with van der Waals surface area (Å²) in [5, 5.41) is 6.42. The molecule has 1 aromatic heterocycles. The van der Waals surface area contributed by atoms with E-state index in [0.717, 1.165) is 16.5 Å². The van der Waals surface area contributed by atoms with Crippen LogP contribution in [0.5, 0.6) is 0 Å². The van der Waals surface area contributed by atoms with Crippen molar-refractivity contribution < 1.29 is 14.4 Å². The van der Waals surface area contributed by atoms with Crippen molar-refractivity contribution in [2.75, 3.05) is 33.5 Å². The topological polar surface area (TPSA) is 86.7 Å². The smallest absolute Gasteiger partial charge is 0.321 e. The number of carbonyl (C=O) groups excluding carboxylic acids is 3. The van der Waals surface area contributed by atoms with Gasteiger partial charge in [0.05, 0.1) is 0 Å². The molecule has 0 atom stereocenters. The van der Waals surface area contributed by atoms with Crippen LogP contribution in [0.3, 0.4) is 0 Å². The van der Waals surface area contributed by atoms with Crippen molar-refractivity contribution in [3.63, 3.8) is 0 Å². The minimum Gasteiger partial charge on any atom is -0.355 e. The van der Waals surface area contributed by atoms with Crippen molar-refractivity contribution in [2.45, 2.75) is 13.1 Å². The molecular weight excluding hydrogens is 394 g/mol. The molecule has 0 fully saturated rings. The number of benzene rings is 2. The molecule has 31 heavy (non-hydrogen) atoms. The fourth-order valence-corrected chi connectivity index (χ4v) is 3.17. The first-order chi connectivity index (χ1) is 14.8. The third-order valence-corrected chi connectivity index (χ3v) is 5.04. The Balaban J connectivity index is 1.64. The third kappa shape index (κ3) is 5.22. The van der Waals surface area contributed by atoms with Crippen LogP contribution in [0, 0.1) is 0 Å². The quantitative estimate of drug-likeness (QED) is 0.642. The molecule has 1 heterocycles. The van der Waals surface area contributed by atoms with Crippen molar-refractivity contribution in [1.82, 2.24) is 19.7 Å². The van der Waals surface area contributed by atoms with Gasteiger partial charge in [0, 0.05) is 63.1 Å². The minimum atomic E-state index is -0.239. The first-order valence-corrected chi connectivity index (χ1v) is 9.90. The zero-order chi connectivity index (χ0) is 22.5. The summed E-state index contributed by atoms with van der Waals surface area (Å²) in [6.07, 6.45) is 1.87. The molecule has 2 aromatic carbocycles. The lowest BCUT2D eigenvalue weighted by molar-refractivity contribution is -0.129. The third-order valence-electron chi connectivity index (χ3n) is 5.04. The van der Waals surface area contributed by atoms with Gasteiger partial charge in [-0.05, 0) is 42.0 Å². The lowest BCUT2D eigenvalue weighted by Crippen LogP contribution is -2.30. The summed E-state index contributed by atoms with van der Waals surface area (Å²) < 4.78 is 1.89. The number of carbonyl (C=O) groups is 3. The number of anilines is 1. The molecule has 0 unspecified atom stereocenters. The summed E-state index contributed by atoms with van der Waals surface area (Å²) in [6.45, 7) is 0.675. The van der Waals surface area contributed by atoms with Crippen molar-refractivity contribution in [3.8, 4) is 0 Å². The summed E-state index contributed by atoms with van der Waals surface area (Å²) in [6, 6.07) is 14.4. The molecule has 0 saturated carbocycles. The number of likely N-dealkylation sites (N-methyl/N-ethyl adjacent to an activating group) is 1. The number of aromatic nitrogens is 1. The number of rotatable bonds is 6. The average molecular weight is 422 g/mol. The zero-order valence-corrected chi connectivity index (χ0v) is 18.2.